The lowest BCUT2D eigenvalue weighted by atomic mass is 9.64. The second kappa shape index (κ2) is 5.81. The molecular formula is C25H23ClO3. The van der Waals surface area contributed by atoms with Gasteiger partial charge in [0.15, 0.2) is 23.3 Å². The van der Waals surface area contributed by atoms with Crippen molar-refractivity contribution in [3.8, 4) is 0 Å². The first-order valence-corrected chi connectivity index (χ1v) is 10.8. The lowest BCUT2D eigenvalue weighted by Crippen LogP contribution is -2.58. The molecule has 3 nitrogen and oxygen atoms in total. The van der Waals surface area contributed by atoms with E-state index in [-0.39, 0.29) is 5.78 Å². The van der Waals surface area contributed by atoms with Crippen molar-refractivity contribution >= 4 is 23.5 Å². The summed E-state index contributed by atoms with van der Waals surface area (Å²) < 4.78 is 13.5. The minimum atomic E-state index is -0.815. The van der Waals surface area contributed by atoms with Crippen LogP contribution in [0.5, 0.6) is 0 Å². The number of halogens is 1. The molecule has 0 unspecified atom stereocenters. The van der Waals surface area contributed by atoms with Crippen molar-refractivity contribution in [2.45, 2.75) is 56.5 Å². The number of carbonyl (C=O) groups is 1. The van der Waals surface area contributed by atoms with E-state index in [4.69, 9.17) is 21.1 Å². The molecular weight excluding hydrogens is 384 g/mol. The van der Waals surface area contributed by atoms with Crippen LogP contribution in [0.3, 0.4) is 0 Å². The largest absolute Gasteiger partial charge is 0.334 e. The van der Waals surface area contributed by atoms with Crippen molar-refractivity contribution in [1.29, 1.82) is 0 Å². The van der Waals surface area contributed by atoms with Crippen LogP contribution < -0.4 is 0 Å². The summed E-state index contributed by atoms with van der Waals surface area (Å²) in [7, 11) is 0. The van der Waals surface area contributed by atoms with Crippen LogP contribution in [-0.2, 0) is 26.3 Å². The highest BCUT2D eigenvalue weighted by Crippen LogP contribution is 2.67. The third-order valence-corrected chi connectivity index (χ3v) is 7.80. The van der Waals surface area contributed by atoms with Crippen LogP contribution in [0, 0.1) is 5.41 Å². The van der Waals surface area contributed by atoms with Gasteiger partial charge in [0.25, 0.3) is 0 Å². The number of Topliss-reactive ketones (excluding diaryl/α,β-unsaturated/α-hetero) is 1. The van der Waals surface area contributed by atoms with E-state index in [1.807, 2.05) is 37.3 Å². The highest BCUT2D eigenvalue weighted by molar-refractivity contribution is 6.30. The van der Waals surface area contributed by atoms with Gasteiger partial charge in [-0.05, 0) is 60.6 Å². The van der Waals surface area contributed by atoms with Crippen LogP contribution in [0.15, 0.2) is 54.1 Å². The summed E-state index contributed by atoms with van der Waals surface area (Å²) in [6.45, 7) is 2.05. The van der Waals surface area contributed by atoms with E-state index in [0.717, 1.165) is 48.8 Å². The number of ketones is 1. The predicted octanol–water partition coefficient (Wildman–Crippen LogP) is 5.45. The summed E-state index contributed by atoms with van der Waals surface area (Å²) in [6, 6.07) is 16.1. The topological polar surface area (TPSA) is 35.5 Å². The van der Waals surface area contributed by atoms with Gasteiger partial charge in [-0.25, -0.2) is 0 Å². The summed E-state index contributed by atoms with van der Waals surface area (Å²) >= 11 is 6.07. The zero-order chi connectivity index (χ0) is 19.9. The van der Waals surface area contributed by atoms with Crippen molar-refractivity contribution in [2.24, 2.45) is 5.41 Å². The molecule has 29 heavy (non-hydrogen) atoms. The van der Waals surface area contributed by atoms with Gasteiger partial charge in [0.2, 0.25) is 0 Å². The summed E-state index contributed by atoms with van der Waals surface area (Å²) in [5.41, 5.74) is 3.10. The molecule has 2 bridgehead atoms. The molecule has 2 saturated heterocycles. The van der Waals surface area contributed by atoms with E-state index in [0.29, 0.717) is 5.02 Å². The second-order valence-corrected chi connectivity index (χ2v) is 9.48. The molecule has 2 aromatic carbocycles. The fourth-order valence-corrected chi connectivity index (χ4v) is 6.13. The highest BCUT2D eigenvalue weighted by Gasteiger charge is 2.78. The third kappa shape index (κ3) is 2.13. The Hall–Kier alpha value is -1.94. The molecule has 0 amide bonds. The Morgan fingerprint density at radius 3 is 2.66 bits per heavy atom. The molecule has 1 saturated carbocycles. The lowest BCUT2D eigenvalue weighted by Gasteiger charge is -2.48. The third-order valence-electron chi connectivity index (χ3n) is 7.54. The molecule has 2 aromatic rings. The van der Waals surface area contributed by atoms with E-state index in [2.05, 4.69) is 24.3 Å². The Morgan fingerprint density at radius 1 is 1.07 bits per heavy atom. The number of hydrogen-bond acceptors (Lipinski definition) is 3. The molecule has 6 rings (SSSR count). The predicted molar refractivity (Wildman–Crippen MR) is 112 cm³/mol. The van der Waals surface area contributed by atoms with E-state index < -0.39 is 22.9 Å². The van der Waals surface area contributed by atoms with Gasteiger partial charge in [-0.15, -0.1) is 0 Å². The average molecular weight is 407 g/mol. The maximum Gasteiger partial charge on any atom is 0.183 e. The number of ether oxygens (including phenoxy) is 2. The lowest BCUT2D eigenvalue weighted by molar-refractivity contribution is -0.247. The fraction of sp³-hybridized carbons (Fsp3) is 0.400. The molecule has 2 aliphatic heterocycles. The molecule has 0 N–H and O–H groups in total. The molecule has 0 aromatic heterocycles. The smallest absolute Gasteiger partial charge is 0.183 e. The number of fused-ring (bicyclic) bond motifs is 4. The van der Waals surface area contributed by atoms with Crippen LogP contribution >= 0.6 is 11.6 Å². The first kappa shape index (κ1) is 17.9. The molecule has 2 spiro atoms. The highest BCUT2D eigenvalue weighted by atomic mass is 35.5. The molecule has 4 aliphatic rings. The van der Waals surface area contributed by atoms with Gasteiger partial charge in [0.05, 0.1) is 5.41 Å². The van der Waals surface area contributed by atoms with Crippen molar-refractivity contribution in [2.75, 3.05) is 0 Å². The standard InChI is InChI=1S/C25H23ClO3/c1-23-12-4-5-13-24(23)28-22(21(23)27)25(29-24)18(14-16-8-10-19(26)11-9-16)15-17-6-2-3-7-20(17)25/h2-3,6-11,14,22H,4-5,12-13,15H2,1H3/b18-14+/t22-,23+,24-,25-/m0/s1. The van der Waals surface area contributed by atoms with E-state index in [1.54, 1.807) is 0 Å². The zero-order valence-electron chi connectivity index (χ0n) is 16.4. The summed E-state index contributed by atoms with van der Waals surface area (Å²) in [5.74, 6) is -0.592. The molecule has 148 valence electrons. The Labute approximate surface area is 175 Å². The monoisotopic (exact) mass is 406 g/mol. The number of benzene rings is 2. The van der Waals surface area contributed by atoms with Gasteiger partial charge in [0, 0.05) is 11.4 Å². The van der Waals surface area contributed by atoms with Crippen LogP contribution in [0.2, 0.25) is 5.02 Å². The van der Waals surface area contributed by atoms with Gasteiger partial charge in [0.1, 0.15) is 0 Å². The van der Waals surface area contributed by atoms with Gasteiger partial charge in [-0.3, -0.25) is 4.79 Å². The second-order valence-electron chi connectivity index (χ2n) is 9.05. The number of carbonyl (C=O) groups excluding carboxylic acids is 1. The fourth-order valence-electron chi connectivity index (χ4n) is 6.00. The Morgan fingerprint density at radius 2 is 1.83 bits per heavy atom. The number of hydrogen-bond donors (Lipinski definition) is 0. The quantitative estimate of drug-likeness (QED) is 0.631. The maximum atomic E-state index is 13.7. The van der Waals surface area contributed by atoms with E-state index >= 15 is 0 Å². The Kier molecular flexibility index (Phi) is 3.58. The van der Waals surface area contributed by atoms with Crippen molar-refractivity contribution in [3.05, 3.63) is 75.8 Å². The SMILES string of the molecule is C[C@]12CCCC[C@@]13O[C@@H](C2=O)[C@]1(O3)/C(=C/c2ccc(Cl)cc2)Cc2ccccc21. The normalized spacial score (nSPS) is 38.6. The Bertz CT molecular complexity index is 1060. The minimum absolute atomic E-state index is 0.210. The summed E-state index contributed by atoms with van der Waals surface area (Å²) in [5, 5.41) is 0.711. The minimum Gasteiger partial charge on any atom is -0.334 e. The van der Waals surface area contributed by atoms with Gasteiger partial charge < -0.3 is 9.47 Å². The van der Waals surface area contributed by atoms with Crippen LogP contribution in [0.25, 0.3) is 6.08 Å². The van der Waals surface area contributed by atoms with Crippen LogP contribution in [0.4, 0.5) is 0 Å². The van der Waals surface area contributed by atoms with E-state index in [1.165, 1.54) is 5.56 Å². The molecule has 3 fully saturated rings. The first-order valence-electron chi connectivity index (χ1n) is 10.5. The van der Waals surface area contributed by atoms with Crippen molar-refractivity contribution in [3.63, 3.8) is 0 Å². The molecule has 4 atom stereocenters. The summed E-state index contributed by atoms with van der Waals surface area (Å²) in [6.07, 6.45) is 6.06. The van der Waals surface area contributed by atoms with E-state index in [9.17, 15) is 4.79 Å². The average Bonchev–Trinajstić information content (AvgIpc) is 3.30. The molecule has 4 heteroatoms. The van der Waals surface area contributed by atoms with Gasteiger partial charge in [-0.1, -0.05) is 60.5 Å². The van der Waals surface area contributed by atoms with Gasteiger partial charge in [-0.2, -0.15) is 0 Å². The van der Waals surface area contributed by atoms with Gasteiger partial charge >= 0.3 is 0 Å². The summed E-state index contributed by atoms with van der Waals surface area (Å²) in [4.78, 5) is 13.7. The Balaban J connectivity index is 1.54. The first-order chi connectivity index (χ1) is 14.0. The molecule has 0 radical (unpaired) electrons. The molecule has 2 aliphatic carbocycles. The van der Waals surface area contributed by atoms with Crippen molar-refractivity contribution < 1.29 is 14.3 Å². The molecule has 2 heterocycles. The van der Waals surface area contributed by atoms with Crippen molar-refractivity contribution in [1.82, 2.24) is 0 Å². The van der Waals surface area contributed by atoms with Crippen LogP contribution in [0.1, 0.15) is 49.3 Å². The maximum absolute atomic E-state index is 13.7. The van der Waals surface area contributed by atoms with Crippen LogP contribution in [-0.4, -0.2) is 17.7 Å². The number of rotatable bonds is 1. The zero-order valence-corrected chi connectivity index (χ0v) is 17.2.